The monoisotopic (exact) mass is 157 g/mol. The van der Waals surface area contributed by atoms with Crippen molar-refractivity contribution in [2.75, 3.05) is 6.61 Å². The fourth-order valence-corrected chi connectivity index (χ4v) is 1.72. The van der Waals surface area contributed by atoms with Crippen molar-refractivity contribution in [3.63, 3.8) is 0 Å². The van der Waals surface area contributed by atoms with Gasteiger partial charge in [0, 0.05) is 12.1 Å². The molecule has 1 fully saturated rings. The SMILES string of the molecule is CCCCC1CCC(CO)N1. The zero-order chi connectivity index (χ0) is 8.10. The second-order valence-corrected chi connectivity index (χ2v) is 3.46. The molecule has 0 radical (unpaired) electrons. The molecule has 0 spiro atoms. The number of aliphatic hydroxyl groups is 1. The molecule has 0 aromatic carbocycles. The molecule has 1 aliphatic heterocycles. The number of unbranched alkanes of at least 4 members (excludes halogenated alkanes) is 1. The van der Waals surface area contributed by atoms with Gasteiger partial charge in [-0.3, -0.25) is 0 Å². The highest BCUT2D eigenvalue weighted by Gasteiger charge is 2.21. The van der Waals surface area contributed by atoms with Gasteiger partial charge in [-0.1, -0.05) is 19.8 Å². The normalized spacial score (nSPS) is 31.1. The summed E-state index contributed by atoms with van der Waals surface area (Å²) < 4.78 is 0. The predicted octanol–water partition coefficient (Wildman–Crippen LogP) is 1.29. The number of aliphatic hydroxyl groups excluding tert-OH is 1. The van der Waals surface area contributed by atoms with Gasteiger partial charge in [-0.25, -0.2) is 0 Å². The fourth-order valence-electron chi connectivity index (χ4n) is 1.72. The smallest absolute Gasteiger partial charge is 0.0584 e. The van der Waals surface area contributed by atoms with Crippen LogP contribution in [-0.4, -0.2) is 23.8 Å². The van der Waals surface area contributed by atoms with E-state index in [1.54, 1.807) is 0 Å². The van der Waals surface area contributed by atoms with Crippen molar-refractivity contribution in [3.05, 3.63) is 0 Å². The Kier molecular flexibility index (Phi) is 3.87. The Labute approximate surface area is 69.0 Å². The predicted molar refractivity (Wildman–Crippen MR) is 46.6 cm³/mol. The Hall–Kier alpha value is -0.0800. The van der Waals surface area contributed by atoms with Crippen LogP contribution in [0.2, 0.25) is 0 Å². The highest BCUT2D eigenvalue weighted by atomic mass is 16.3. The molecule has 0 aromatic heterocycles. The molecule has 1 aliphatic rings. The highest BCUT2D eigenvalue weighted by Crippen LogP contribution is 2.16. The molecule has 0 aliphatic carbocycles. The minimum Gasteiger partial charge on any atom is -0.395 e. The van der Waals surface area contributed by atoms with E-state index in [1.165, 1.54) is 25.7 Å². The Morgan fingerprint density at radius 1 is 1.36 bits per heavy atom. The summed E-state index contributed by atoms with van der Waals surface area (Å²) in [6.07, 6.45) is 6.29. The number of nitrogens with one attached hydrogen (secondary N) is 1. The zero-order valence-electron chi connectivity index (χ0n) is 7.34. The summed E-state index contributed by atoms with van der Waals surface area (Å²) in [5.74, 6) is 0. The lowest BCUT2D eigenvalue weighted by atomic mass is 10.1. The molecule has 0 aromatic rings. The van der Waals surface area contributed by atoms with Gasteiger partial charge in [0.1, 0.15) is 0 Å². The lowest BCUT2D eigenvalue weighted by Gasteiger charge is -2.11. The minimum atomic E-state index is 0.308. The van der Waals surface area contributed by atoms with Crippen molar-refractivity contribution in [2.24, 2.45) is 0 Å². The average molecular weight is 157 g/mol. The van der Waals surface area contributed by atoms with Crippen LogP contribution in [0.3, 0.4) is 0 Å². The van der Waals surface area contributed by atoms with Crippen molar-refractivity contribution in [2.45, 2.75) is 51.1 Å². The summed E-state index contributed by atoms with van der Waals surface area (Å²) in [5, 5.41) is 12.3. The topological polar surface area (TPSA) is 32.3 Å². The van der Waals surface area contributed by atoms with Crippen molar-refractivity contribution in [1.29, 1.82) is 0 Å². The summed E-state index contributed by atoms with van der Waals surface area (Å²) in [6.45, 7) is 2.53. The van der Waals surface area contributed by atoms with E-state index in [4.69, 9.17) is 5.11 Å². The van der Waals surface area contributed by atoms with Crippen molar-refractivity contribution >= 4 is 0 Å². The van der Waals surface area contributed by atoms with Gasteiger partial charge in [0.15, 0.2) is 0 Å². The third-order valence-electron chi connectivity index (χ3n) is 2.46. The Morgan fingerprint density at radius 3 is 2.64 bits per heavy atom. The molecular weight excluding hydrogens is 138 g/mol. The van der Waals surface area contributed by atoms with Gasteiger partial charge in [-0.15, -0.1) is 0 Å². The van der Waals surface area contributed by atoms with Crippen LogP contribution in [0.1, 0.15) is 39.0 Å². The first-order valence-electron chi connectivity index (χ1n) is 4.73. The van der Waals surface area contributed by atoms with Gasteiger partial charge in [-0.05, 0) is 19.3 Å². The molecule has 2 nitrogen and oxygen atoms in total. The van der Waals surface area contributed by atoms with E-state index in [0.717, 1.165) is 6.42 Å². The molecular formula is C9H19NO. The van der Waals surface area contributed by atoms with E-state index in [1.807, 2.05) is 0 Å². The summed E-state index contributed by atoms with van der Waals surface area (Å²) in [5.41, 5.74) is 0. The second kappa shape index (κ2) is 4.73. The zero-order valence-corrected chi connectivity index (χ0v) is 7.34. The molecule has 2 atom stereocenters. The quantitative estimate of drug-likeness (QED) is 0.644. The van der Waals surface area contributed by atoms with Crippen LogP contribution < -0.4 is 5.32 Å². The summed E-state index contributed by atoms with van der Waals surface area (Å²) >= 11 is 0. The summed E-state index contributed by atoms with van der Waals surface area (Å²) in [6, 6.07) is 1.07. The Morgan fingerprint density at radius 2 is 2.09 bits per heavy atom. The number of hydrogen-bond donors (Lipinski definition) is 2. The molecule has 1 heterocycles. The van der Waals surface area contributed by atoms with Crippen LogP contribution >= 0.6 is 0 Å². The second-order valence-electron chi connectivity index (χ2n) is 3.46. The maximum atomic E-state index is 8.85. The van der Waals surface area contributed by atoms with Gasteiger partial charge < -0.3 is 10.4 Å². The molecule has 1 saturated heterocycles. The lowest BCUT2D eigenvalue weighted by Crippen LogP contribution is -2.31. The third kappa shape index (κ3) is 2.80. The van der Waals surface area contributed by atoms with Crippen molar-refractivity contribution in [1.82, 2.24) is 5.32 Å². The van der Waals surface area contributed by atoms with Crippen LogP contribution in [0.25, 0.3) is 0 Å². The Bertz CT molecular complexity index is 106. The largest absolute Gasteiger partial charge is 0.395 e. The fraction of sp³-hybridized carbons (Fsp3) is 1.00. The van der Waals surface area contributed by atoms with Gasteiger partial charge >= 0.3 is 0 Å². The van der Waals surface area contributed by atoms with Gasteiger partial charge in [0.2, 0.25) is 0 Å². The number of rotatable bonds is 4. The van der Waals surface area contributed by atoms with Crippen molar-refractivity contribution < 1.29 is 5.11 Å². The van der Waals surface area contributed by atoms with Crippen LogP contribution in [0.15, 0.2) is 0 Å². The van der Waals surface area contributed by atoms with E-state index in [-0.39, 0.29) is 0 Å². The molecule has 2 unspecified atom stereocenters. The first-order chi connectivity index (χ1) is 5.36. The van der Waals surface area contributed by atoms with Crippen LogP contribution in [0.5, 0.6) is 0 Å². The molecule has 2 heteroatoms. The standard InChI is InChI=1S/C9H19NO/c1-2-3-4-8-5-6-9(7-11)10-8/h8-11H,2-7H2,1H3. The first kappa shape index (κ1) is 9.01. The van der Waals surface area contributed by atoms with E-state index < -0.39 is 0 Å². The molecule has 1 rings (SSSR count). The Balaban J connectivity index is 2.09. The van der Waals surface area contributed by atoms with Crippen LogP contribution in [0.4, 0.5) is 0 Å². The van der Waals surface area contributed by atoms with Gasteiger partial charge in [-0.2, -0.15) is 0 Å². The van der Waals surface area contributed by atoms with E-state index >= 15 is 0 Å². The molecule has 0 saturated carbocycles. The molecule has 2 N–H and O–H groups in total. The molecule has 0 amide bonds. The van der Waals surface area contributed by atoms with Crippen molar-refractivity contribution in [3.8, 4) is 0 Å². The first-order valence-corrected chi connectivity index (χ1v) is 4.73. The van der Waals surface area contributed by atoms with E-state index in [0.29, 0.717) is 18.7 Å². The molecule has 0 bridgehead atoms. The minimum absolute atomic E-state index is 0.308. The highest BCUT2D eigenvalue weighted by molar-refractivity contribution is 4.82. The number of hydrogen-bond acceptors (Lipinski definition) is 2. The molecule has 11 heavy (non-hydrogen) atoms. The average Bonchev–Trinajstić information content (AvgIpc) is 2.48. The lowest BCUT2D eigenvalue weighted by molar-refractivity contribution is 0.250. The maximum absolute atomic E-state index is 8.85. The van der Waals surface area contributed by atoms with Crippen LogP contribution in [-0.2, 0) is 0 Å². The summed E-state index contributed by atoms with van der Waals surface area (Å²) in [4.78, 5) is 0. The third-order valence-corrected chi connectivity index (χ3v) is 2.46. The van der Waals surface area contributed by atoms with Gasteiger partial charge in [0.05, 0.1) is 6.61 Å². The van der Waals surface area contributed by atoms with E-state index in [9.17, 15) is 0 Å². The maximum Gasteiger partial charge on any atom is 0.0584 e. The van der Waals surface area contributed by atoms with Gasteiger partial charge in [0.25, 0.3) is 0 Å². The van der Waals surface area contributed by atoms with Crippen LogP contribution in [0, 0.1) is 0 Å². The van der Waals surface area contributed by atoms with E-state index in [2.05, 4.69) is 12.2 Å². The summed E-state index contributed by atoms with van der Waals surface area (Å²) in [7, 11) is 0. The molecule has 66 valence electrons.